The number of ether oxygens (including phenoxy) is 3. The van der Waals surface area contributed by atoms with Gasteiger partial charge in [0.25, 0.3) is 5.91 Å². The molecule has 0 aliphatic heterocycles. The first-order chi connectivity index (χ1) is 16.6. The molecular weight excluding hydrogens is 557 g/mol. The minimum atomic E-state index is -4.76. The molecule has 3 aromatic carbocycles. The van der Waals surface area contributed by atoms with Crippen molar-refractivity contribution < 1.29 is 37.3 Å². The number of hydrogen-bond acceptors (Lipinski definition) is 6. The molecule has 184 valence electrons. The predicted octanol–water partition coefficient (Wildman–Crippen LogP) is 6.06. The lowest BCUT2D eigenvalue weighted by molar-refractivity contribution is -0.274. The molecule has 0 radical (unpaired) electrons. The van der Waals surface area contributed by atoms with Gasteiger partial charge in [-0.05, 0) is 69.5 Å². The Hall–Kier alpha value is -3.44. The number of carbonyl (C=O) groups excluding carboxylic acids is 1. The Balaban J connectivity index is 1.65. The zero-order valence-corrected chi connectivity index (χ0v) is 20.2. The molecule has 0 saturated carbocycles. The second-order valence-corrected chi connectivity index (χ2v) is 8.14. The Kier molecular flexibility index (Phi) is 8.47. The molecular formula is C23H17BrClF3N2O5. The molecule has 0 aliphatic carbocycles. The Morgan fingerprint density at radius 1 is 1.17 bits per heavy atom. The topological polar surface area (TPSA) is 89.4 Å². The number of carbonyl (C=O) groups is 1. The van der Waals surface area contributed by atoms with Gasteiger partial charge in [0.2, 0.25) is 0 Å². The highest BCUT2D eigenvalue weighted by molar-refractivity contribution is 9.10. The van der Waals surface area contributed by atoms with Crippen molar-refractivity contribution in [1.82, 2.24) is 5.43 Å². The third-order valence-corrected chi connectivity index (χ3v) is 5.27. The summed E-state index contributed by atoms with van der Waals surface area (Å²) in [6, 6.07) is 12.6. The Labute approximate surface area is 211 Å². The fourth-order valence-electron chi connectivity index (χ4n) is 2.78. The van der Waals surface area contributed by atoms with Crippen LogP contribution in [0.3, 0.4) is 0 Å². The van der Waals surface area contributed by atoms with Crippen molar-refractivity contribution in [2.24, 2.45) is 5.10 Å². The lowest BCUT2D eigenvalue weighted by atomic mass is 10.2. The minimum absolute atomic E-state index is 0.0384. The van der Waals surface area contributed by atoms with Crippen LogP contribution in [-0.2, 0) is 6.61 Å². The van der Waals surface area contributed by atoms with Gasteiger partial charge in [-0.2, -0.15) is 5.10 Å². The number of methoxy groups -OCH3 is 1. The van der Waals surface area contributed by atoms with E-state index in [1.165, 1.54) is 55.8 Å². The fourth-order valence-corrected chi connectivity index (χ4v) is 3.53. The maximum atomic E-state index is 12.3. The summed E-state index contributed by atoms with van der Waals surface area (Å²) < 4.78 is 52.4. The van der Waals surface area contributed by atoms with Crippen LogP contribution in [0.5, 0.6) is 23.0 Å². The molecule has 7 nitrogen and oxygen atoms in total. The van der Waals surface area contributed by atoms with Gasteiger partial charge in [0.05, 0.1) is 22.8 Å². The smallest absolute Gasteiger partial charge is 0.506 e. The number of benzene rings is 3. The van der Waals surface area contributed by atoms with Crippen LogP contribution in [0, 0.1) is 0 Å². The van der Waals surface area contributed by atoms with Crippen LogP contribution in [0.15, 0.2) is 64.2 Å². The van der Waals surface area contributed by atoms with Crippen molar-refractivity contribution in [3.8, 4) is 23.0 Å². The van der Waals surface area contributed by atoms with Crippen LogP contribution in [0.25, 0.3) is 0 Å². The standard InChI is InChI=1S/C23H17BrClF3N2O5/c1-33-20-9-14(11-29-30-22(32)15-4-7-19(31)18(25)10-15)8-17(24)21(20)34-12-13-2-5-16(6-3-13)35-23(26,27)28/h2-11,31H,12H2,1H3,(H,30,32). The summed E-state index contributed by atoms with van der Waals surface area (Å²) in [5, 5.41) is 13.4. The fraction of sp³-hybridized carbons (Fsp3) is 0.130. The van der Waals surface area contributed by atoms with E-state index in [0.717, 1.165) is 0 Å². The van der Waals surface area contributed by atoms with Gasteiger partial charge in [-0.1, -0.05) is 23.7 Å². The van der Waals surface area contributed by atoms with Gasteiger partial charge in [-0.15, -0.1) is 13.2 Å². The molecule has 0 aromatic heterocycles. The molecule has 0 unspecified atom stereocenters. The van der Waals surface area contributed by atoms with Crippen molar-refractivity contribution in [2.45, 2.75) is 13.0 Å². The first-order valence-electron chi connectivity index (χ1n) is 9.72. The average Bonchev–Trinajstić information content (AvgIpc) is 2.79. The van der Waals surface area contributed by atoms with Gasteiger partial charge >= 0.3 is 6.36 Å². The summed E-state index contributed by atoms with van der Waals surface area (Å²) in [4.78, 5) is 12.2. The van der Waals surface area contributed by atoms with Crippen molar-refractivity contribution >= 4 is 39.7 Å². The molecule has 12 heteroatoms. The predicted molar refractivity (Wildman–Crippen MR) is 126 cm³/mol. The second-order valence-electron chi connectivity index (χ2n) is 6.88. The van der Waals surface area contributed by atoms with E-state index in [2.05, 4.69) is 31.2 Å². The molecule has 0 heterocycles. The molecule has 35 heavy (non-hydrogen) atoms. The van der Waals surface area contributed by atoms with E-state index in [4.69, 9.17) is 21.1 Å². The molecule has 0 bridgehead atoms. The van der Waals surface area contributed by atoms with Crippen molar-refractivity contribution in [3.63, 3.8) is 0 Å². The molecule has 3 aromatic rings. The average molecular weight is 574 g/mol. The number of phenolic OH excluding ortho intramolecular Hbond substituents is 1. The molecule has 0 aliphatic rings. The number of nitrogens with zero attached hydrogens (tertiary/aromatic N) is 1. The lowest BCUT2D eigenvalue weighted by Gasteiger charge is -2.14. The maximum Gasteiger partial charge on any atom is 0.573 e. The zero-order valence-electron chi connectivity index (χ0n) is 17.9. The number of nitrogens with one attached hydrogen (secondary N) is 1. The summed E-state index contributed by atoms with van der Waals surface area (Å²) in [5.74, 6) is -0.277. The van der Waals surface area contributed by atoms with E-state index in [1.54, 1.807) is 12.1 Å². The zero-order chi connectivity index (χ0) is 25.6. The van der Waals surface area contributed by atoms with E-state index in [-0.39, 0.29) is 28.7 Å². The molecule has 1 amide bonds. The molecule has 2 N–H and O–H groups in total. The number of phenols is 1. The Morgan fingerprint density at radius 3 is 2.51 bits per heavy atom. The highest BCUT2D eigenvalue weighted by Gasteiger charge is 2.30. The van der Waals surface area contributed by atoms with Crippen molar-refractivity contribution in [1.29, 1.82) is 0 Å². The van der Waals surface area contributed by atoms with Gasteiger partial charge in [-0.25, -0.2) is 5.43 Å². The minimum Gasteiger partial charge on any atom is -0.506 e. The van der Waals surface area contributed by atoms with Crippen molar-refractivity contribution in [2.75, 3.05) is 7.11 Å². The highest BCUT2D eigenvalue weighted by Crippen LogP contribution is 2.37. The second kappa shape index (κ2) is 11.3. The first kappa shape index (κ1) is 26.2. The van der Waals surface area contributed by atoms with Crippen LogP contribution in [0.2, 0.25) is 5.02 Å². The van der Waals surface area contributed by atoms with E-state index >= 15 is 0 Å². The number of halogens is 5. The highest BCUT2D eigenvalue weighted by atomic mass is 79.9. The summed E-state index contributed by atoms with van der Waals surface area (Å²) in [6.45, 7) is 0.0555. The van der Waals surface area contributed by atoms with E-state index < -0.39 is 12.3 Å². The molecule has 0 fully saturated rings. The van der Waals surface area contributed by atoms with Crippen LogP contribution in [-0.4, -0.2) is 30.7 Å². The number of alkyl halides is 3. The van der Waals surface area contributed by atoms with Crippen LogP contribution in [0.4, 0.5) is 13.2 Å². The molecule has 0 spiro atoms. The van der Waals surface area contributed by atoms with Crippen molar-refractivity contribution in [3.05, 3.63) is 80.8 Å². The van der Waals surface area contributed by atoms with Crippen LogP contribution >= 0.6 is 27.5 Å². The molecule has 3 rings (SSSR count). The summed E-state index contributed by atoms with van der Waals surface area (Å²) in [6.07, 6.45) is -3.38. The van der Waals surface area contributed by atoms with E-state index in [0.29, 0.717) is 27.1 Å². The number of aromatic hydroxyl groups is 1. The normalized spacial score (nSPS) is 11.4. The molecule has 0 atom stereocenters. The van der Waals surface area contributed by atoms with Gasteiger partial charge in [0.15, 0.2) is 11.5 Å². The SMILES string of the molecule is COc1cc(C=NNC(=O)c2ccc(O)c(Cl)c2)cc(Br)c1OCc1ccc(OC(F)(F)F)cc1. The maximum absolute atomic E-state index is 12.3. The van der Waals surface area contributed by atoms with Gasteiger partial charge in [0.1, 0.15) is 18.1 Å². The Morgan fingerprint density at radius 2 is 1.89 bits per heavy atom. The van der Waals surface area contributed by atoms with E-state index in [9.17, 15) is 23.1 Å². The van der Waals surface area contributed by atoms with E-state index in [1.807, 2.05) is 0 Å². The first-order valence-corrected chi connectivity index (χ1v) is 10.9. The number of amides is 1. The number of rotatable bonds is 8. The number of hydrogen-bond donors (Lipinski definition) is 2. The van der Waals surface area contributed by atoms with Gasteiger partial charge < -0.3 is 19.3 Å². The number of hydrazone groups is 1. The quantitative estimate of drug-likeness (QED) is 0.253. The lowest BCUT2D eigenvalue weighted by Crippen LogP contribution is -2.17. The van der Waals surface area contributed by atoms with Gasteiger partial charge in [0, 0.05) is 5.56 Å². The van der Waals surface area contributed by atoms with Gasteiger partial charge in [-0.3, -0.25) is 4.79 Å². The summed E-state index contributed by atoms with van der Waals surface area (Å²) >= 11 is 9.19. The third-order valence-electron chi connectivity index (χ3n) is 4.38. The Bertz CT molecular complexity index is 1240. The third kappa shape index (κ3) is 7.52. The van der Waals surface area contributed by atoms with Crippen LogP contribution in [0.1, 0.15) is 21.5 Å². The largest absolute Gasteiger partial charge is 0.573 e. The summed E-state index contributed by atoms with van der Waals surface area (Å²) in [5.41, 5.74) is 3.74. The van der Waals surface area contributed by atoms with Crippen LogP contribution < -0.4 is 19.6 Å². The summed E-state index contributed by atoms with van der Waals surface area (Å²) in [7, 11) is 1.44. The monoisotopic (exact) mass is 572 g/mol. The molecule has 0 saturated heterocycles.